The summed E-state index contributed by atoms with van der Waals surface area (Å²) >= 11 is 1.53. The highest BCUT2D eigenvalue weighted by Gasteiger charge is 2.25. The summed E-state index contributed by atoms with van der Waals surface area (Å²) in [6, 6.07) is 5.77. The number of carbonyl (C=O) groups is 1. The van der Waals surface area contributed by atoms with Crippen LogP contribution < -0.4 is 9.64 Å². The molecule has 0 spiro atoms. The summed E-state index contributed by atoms with van der Waals surface area (Å²) in [6.07, 6.45) is 0. The fraction of sp³-hybridized carbons (Fsp3) is 0.476. The summed E-state index contributed by atoms with van der Waals surface area (Å²) < 4.78 is 8.18. The van der Waals surface area contributed by atoms with Crippen LogP contribution in [0.25, 0.3) is 10.2 Å². The van der Waals surface area contributed by atoms with E-state index in [1.165, 1.54) is 11.3 Å². The van der Waals surface area contributed by atoms with E-state index in [2.05, 4.69) is 30.8 Å². The van der Waals surface area contributed by atoms with Crippen LogP contribution in [-0.2, 0) is 7.05 Å². The van der Waals surface area contributed by atoms with Crippen LogP contribution in [0.5, 0.6) is 5.75 Å². The fourth-order valence-corrected chi connectivity index (χ4v) is 4.47. The van der Waals surface area contributed by atoms with Crippen LogP contribution in [0, 0.1) is 13.8 Å². The molecule has 0 aliphatic rings. The number of likely N-dealkylation sites (N-methyl/N-ethyl adjacent to an activating group) is 1. The number of nitrogens with zero attached hydrogens (tertiary/aromatic N) is 5. The molecule has 2 heterocycles. The van der Waals surface area contributed by atoms with Crippen molar-refractivity contribution in [1.29, 1.82) is 0 Å². The van der Waals surface area contributed by atoms with Gasteiger partial charge in [-0.3, -0.25) is 14.4 Å². The molecule has 0 aliphatic heterocycles. The van der Waals surface area contributed by atoms with E-state index in [4.69, 9.17) is 9.72 Å². The number of fused-ring (bicyclic) bond motifs is 1. The summed E-state index contributed by atoms with van der Waals surface area (Å²) in [5.41, 5.74) is 3.30. The van der Waals surface area contributed by atoms with E-state index in [1.807, 2.05) is 25.1 Å². The molecule has 0 atom stereocenters. The van der Waals surface area contributed by atoms with E-state index < -0.39 is 0 Å². The first-order valence-electron chi connectivity index (χ1n) is 9.88. The van der Waals surface area contributed by atoms with Gasteiger partial charge >= 0.3 is 0 Å². The predicted molar refractivity (Wildman–Crippen MR) is 118 cm³/mol. The molecular weight excluding hydrogens is 386 g/mol. The van der Waals surface area contributed by atoms with Crippen LogP contribution in [0.3, 0.4) is 0 Å². The van der Waals surface area contributed by atoms with E-state index in [1.54, 1.807) is 23.7 Å². The topological polar surface area (TPSA) is 63.5 Å². The largest absolute Gasteiger partial charge is 0.494 e. The molecule has 29 heavy (non-hydrogen) atoms. The Bertz CT molecular complexity index is 1010. The Kier molecular flexibility index (Phi) is 6.54. The Hall–Kier alpha value is -2.45. The number of anilines is 1. The average molecular weight is 416 g/mol. The van der Waals surface area contributed by atoms with Crippen molar-refractivity contribution in [3.05, 3.63) is 35.2 Å². The molecule has 0 aliphatic carbocycles. The molecule has 1 amide bonds. The van der Waals surface area contributed by atoms with Gasteiger partial charge in [-0.15, -0.1) is 0 Å². The first kappa shape index (κ1) is 21.3. The van der Waals surface area contributed by atoms with E-state index in [0.29, 0.717) is 17.4 Å². The number of aromatic nitrogens is 3. The highest BCUT2D eigenvalue weighted by Crippen LogP contribution is 2.36. The highest BCUT2D eigenvalue weighted by molar-refractivity contribution is 7.22. The van der Waals surface area contributed by atoms with Gasteiger partial charge in [0.1, 0.15) is 17.0 Å². The summed E-state index contributed by atoms with van der Waals surface area (Å²) in [6.45, 7) is 11.4. The van der Waals surface area contributed by atoms with E-state index in [9.17, 15) is 4.79 Å². The van der Waals surface area contributed by atoms with Gasteiger partial charge in [-0.05, 0) is 44.6 Å². The molecule has 7 nitrogen and oxygen atoms in total. The zero-order valence-electron chi connectivity index (χ0n) is 18.0. The molecule has 2 aromatic heterocycles. The maximum absolute atomic E-state index is 13.5. The second kappa shape index (κ2) is 8.92. The lowest BCUT2D eigenvalue weighted by atomic mass is 10.2. The van der Waals surface area contributed by atoms with Gasteiger partial charge in [-0.2, -0.15) is 5.10 Å². The van der Waals surface area contributed by atoms with Crippen molar-refractivity contribution < 1.29 is 9.53 Å². The molecular formula is C21H29N5O2S. The zero-order valence-corrected chi connectivity index (χ0v) is 18.8. The normalized spacial score (nSPS) is 11.4. The maximum atomic E-state index is 13.5. The van der Waals surface area contributed by atoms with Gasteiger partial charge in [0.2, 0.25) is 0 Å². The van der Waals surface area contributed by atoms with Crippen LogP contribution in [0.4, 0.5) is 5.13 Å². The highest BCUT2D eigenvalue weighted by atomic mass is 32.1. The lowest BCUT2D eigenvalue weighted by Gasteiger charge is -2.24. The molecule has 0 fully saturated rings. The molecule has 3 aromatic rings. The van der Waals surface area contributed by atoms with Crippen LogP contribution in [0.2, 0.25) is 0 Å². The van der Waals surface area contributed by atoms with Crippen molar-refractivity contribution >= 4 is 32.6 Å². The van der Waals surface area contributed by atoms with Gasteiger partial charge in [-0.1, -0.05) is 31.3 Å². The Morgan fingerprint density at radius 3 is 2.52 bits per heavy atom. The molecule has 0 saturated carbocycles. The summed E-state index contributed by atoms with van der Waals surface area (Å²) in [4.78, 5) is 22.4. The lowest BCUT2D eigenvalue weighted by Crippen LogP contribution is -2.39. The molecule has 0 N–H and O–H groups in total. The number of rotatable bonds is 8. The van der Waals surface area contributed by atoms with Gasteiger partial charge < -0.3 is 9.64 Å². The molecule has 1 aromatic carbocycles. The van der Waals surface area contributed by atoms with Crippen LogP contribution in [0.15, 0.2) is 18.2 Å². The Morgan fingerprint density at radius 2 is 1.93 bits per heavy atom. The van der Waals surface area contributed by atoms with Gasteiger partial charge in [-0.25, -0.2) is 4.98 Å². The van der Waals surface area contributed by atoms with Crippen molar-refractivity contribution in [3.8, 4) is 5.75 Å². The number of thiazole rings is 1. The molecule has 0 bridgehead atoms. The zero-order chi connectivity index (χ0) is 21.1. The van der Waals surface area contributed by atoms with Gasteiger partial charge in [0.15, 0.2) is 5.13 Å². The SMILES string of the molecule is CCN(CC)CCN(C(=O)c1cc(C)nn1C)c1nc2c(OC)ccc(C)c2s1. The molecule has 0 saturated heterocycles. The number of carbonyl (C=O) groups excluding carboxylic acids is 1. The Morgan fingerprint density at radius 1 is 1.21 bits per heavy atom. The third-order valence-electron chi connectivity index (χ3n) is 5.14. The summed E-state index contributed by atoms with van der Waals surface area (Å²) in [7, 11) is 3.44. The molecule has 3 rings (SSSR count). The number of hydrogen-bond acceptors (Lipinski definition) is 6. The predicted octanol–water partition coefficient (Wildman–Crippen LogP) is 3.64. The number of aryl methyl sites for hydroxylation is 3. The Balaban J connectivity index is 2.05. The van der Waals surface area contributed by atoms with Crippen LogP contribution in [0.1, 0.15) is 35.6 Å². The number of methoxy groups -OCH3 is 1. The van der Waals surface area contributed by atoms with Crippen molar-refractivity contribution in [2.45, 2.75) is 27.7 Å². The Labute approximate surface area is 175 Å². The number of amides is 1. The lowest BCUT2D eigenvalue weighted by molar-refractivity contribution is 0.0974. The van der Waals surface area contributed by atoms with Gasteiger partial charge in [0.05, 0.1) is 17.5 Å². The van der Waals surface area contributed by atoms with E-state index >= 15 is 0 Å². The number of benzene rings is 1. The second-order valence-electron chi connectivity index (χ2n) is 7.04. The van der Waals surface area contributed by atoms with Crippen molar-refractivity contribution in [1.82, 2.24) is 19.7 Å². The van der Waals surface area contributed by atoms with Gasteiger partial charge in [0, 0.05) is 20.1 Å². The first-order chi connectivity index (χ1) is 13.9. The molecule has 8 heteroatoms. The molecule has 0 radical (unpaired) electrons. The van der Waals surface area contributed by atoms with Gasteiger partial charge in [0.25, 0.3) is 5.91 Å². The summed E-state index contributed by atoms with van der Waals surface area (Å²) in [5, 5.41) is 5.03. The van der Waals surface area contributed by atoms with Crippen LogP contribution in [-0.4, -0.2) is 58.9 Å². The van der Waals surface area contributed by atoms with E-state index in [0.717, 1.165) is 46.9 Å². The first-order valence-corrected chi connectivity index (χ1v) is 10.7. The maximum Gasteiger partial charge on any atom is 0.278 e. The minimum Gasteiger partial charge on any atom is -0.494 e. The average Bonchev–Trinajstić information content (AvgIpc) is 3.29. The third kappa shape index (κ3) is 4.28. The van der Waals surface area contributed by atoms with Crippen molar-refractivity contribution in [3.63, 3.8) is 0 Å². The minimum atomic E-state index is -0.0871. The second-order valence-corrected chi connectivity index (χ2v) is 8.01. The molecule has 0 unspecified atom stereocenters. The van der Waals surface area contributed by atoms with Crippen molar-refractivity contribution in [2.75, 3.05) is 38.2 Å². The quantitative estimate of drug-likeness (QED) is 0.562. The molecule has 156 valence electrons. The van der Waals surface area contributed by atoms with Crippen molar-refractivity contribution in [2.24, 2.45) is 7.05 Å². The monoisotopic (exact) mass is 415 g/mol. The summed E-state index contributed by atoms with van der Waals surface area (Å²) in [5.74, 6) is 0.636. The fourth-order valence-electron chi connectivity index (χ4n) is 3.39. The van der Waals surface area contributed by atoms with Crippen LogP contribution >= 0.6 is 11.3 Å². The minimum absolute atomic E-state index is 0.0871. The number of hydrogen-bond donors (Lipinski definition) is 0. The smallest absolute Gasteiger partial charge is 0.278 e. The third-order valence-corrected chi connectivity index (χ3v) is 6.36. The number of ether oxygens (including phenoxy) is 1. The van der Waals surface area contributed by atoms with E-state index in [-0.39, 0.29) is 5.91 Å². The standard InChI is InChI=1S/C21H29N5O2S/c1-7-25(8-2)11-12-26(20(27)16-13-15(4)23-24(16)5)21-22-18-17(28-6)10-9-14(3)19(18)29-21/h9-10,13H,7-8,11-12H2,1-6H3.